The number of anilines is 1. The van der Waals surface area contributed by atoms with Crippen molar-refractivity contribution in [2.24, 2.45) is 0 Å². The molecule has 3 nitrogen and oxygen atoms in total. The number of benzene rings is 1. The van der Waals surface area contributed by atoms with Crippen molar-refractivity contribution in [2.75, 3.05) is 5.73 Å². The van der Waals surface area contributed by atoms with E-state index in [4.69, 9.17) is 10.5 Å². The molecule has 0 amide bonds. The van der Waals surface area contributed by atoms with Crippen molar-refractivity contribution in [1.29, 1.82) is 0 Å². The van der Waals surface area contributed by atoms with Crippen LogP contribution in [0.15, 0.2) is 36.5 Å². The van der Waals surface area contributed by atoms with Crippen LogP contribution in [0.2, 0.25) is 0 Å². The van der Waals surface area contributed by atoms with Gasteiger partial charge in [-0.05, 0) is 18.2 Å². The normalized spacial score (nSPS) is 10.2. The van der Waals surface area contributed by atoms with Gasteiger partial charge in [-0.25, -0.2) is 4.39 Å². The summed E-state index contributed by atoms with van der Waals surface area (Å²) in [6.07, 6.45) is 1.64. The zero-order valence-corrected chi connectivity index (χ0v) is 10.4. The predicted octanol–water partition coefficient (Wildman–Crippen LogP) is 3.49. The smallest absolute Gasteiger partial charge is 0.149 e. The van der Waals surface area contributed by atoms with E-state index < -0.39 is 5.82 Å². The Kier molecular flexibility index (Phi) is 3.58. The molecule has 0 aliphatic heterocycles. The van der Waals surface area contributed by atoms with E-state index in [1.807, 2.05) is 0 Å². The minimum absolute atomic E-state index is 0.105. The lowest BCUT2D eigenvalue weighted by molar-refractivity contribution is 0.476. The molecular weight excluding hydrogens is 287 g/mol. The zero-order chi connectivity index (χ0) is 12.3. The molecule has 0 atom stereocenters. The third-order valence-electron chi connectivity index (χ3n) is 2.13. The summed E-state index contributed by atoms with van der Waals surface area (Å²) < 4.78 is 18.7. The summed E-state index contributed by atoms with van der Waals surface area (Å²) in [5.74, 6) is 0.527. The number of rotatable bonds is 3. The van der Waals surface area contributed by atoms with E-state index in [-0.39, 0.29) is 5.69 Å². The van der Waals surface area contributed by atoms with E-state index in [0.29, 0.717) is 16.8 Å². The van der Waals surface area contributed by atoms with Crippen LogP contribution in [0.1, 0.15) is 5.69 Å². The van der Waals surface area contributed by atoms with Crippen molar-refractivity contribution in [2.45, 2.75) is 5.33 Å². The number of pyridine rings is 1. The van der Waals surface area contributed by atoms with Gasteiger partial charge in [-0.3, -0.25) is 4.98 Å². The molecule has 2 N–H and O–H groups in total. The van der Waals surface area contributed by atoms with Gasteiger partial charge in [0.15, 0.2) is 0 Å². The fourth-order valence-corrected chi connectivity index (χ4v) is 1.61. The van der Waals surface area contributed by atoms with Crippen molar-refractivity contribution >= 4 is 21.6 Å². The summed E-state index contributed by atoms with van der Waals surface area (Å²) in [5, 5.41) is 0.639. The maximum Gasteiger partial charge on any atom is 0.149 e. The number of nitrogens with zero attached hydrogens (tertiary/aromatic N) is 1. The lowest BCUT2D eigenvalue weighted by atomic mass is 10.3. The van der Waals surface area contributed by atoms with Gasteiger partial charge in [-0.2, -0.15) is 0 Å². The van der Waals surface area contributed by atoms with Gasteiger partial charge in [-0.15, -0.1) is 0 Å². The lowest BCUT2D eigenvalue weighted by Crippen LogP contribution is -1.92. The first-order valence-electron chi connectivity index (χ1n) is 4.93. The molecule has 0 saturated heterocycles. The van der Waals surface area contributed by atoms with E-state index in [1.165, 1.54) is 12.1 Å². The van der Waals surface area contributed by atoms with Crippen molar-refractivity contribution in [3.05, 3.63) is 48.0 Å². The number of alkyl halides is 1. The molecule has 0 bridgehead atoms. The van der Waals surface area contributed by atoms with Crippen molar-refractivity contribution in [3.8, 4) is 11.5 Å². The average molecular weight is 297 g/mol. The largest absolute Gasteiger partial charge is 0.457 e. The van der Waals surface area contributed by atoms with Crippen LogP contribution in [0.3, 0.4) is 0 Å². The summed E-state index contributed by atoms with van der Waals surface area (Å²) >= 11 is 3.30. The van der Waals surface area contributed by atoms with E-state index in [9.17, 15) is 4.39 Å². The van der Waals surface area contributed by atoms with Gasteiger partial charge in [-0.1, -0.05) is 15.9 Å². The zero-order valence-electron chi connectivity index (χ0n) is 8.86. The SMILES string of the molecule is Nc1ccc(Oc2ccnc(CBr)c2)cc1F. The lowest BCUT2D eigenvalue weighted by Gasteiger charge is -2.07. The minimum atomic E-state index is -0.489. The number of hydrogen-bond donors (Lipinski definition) is 1. The number of nitrogen functional groups attached to an aromatic ring is 1. The van der Waals surface area contributed by atoms with Gasteiger partial charge >= 0.3 is 0 Å². The molecule has 1 aromatic heterocycles. The molecule has 0 aliphatic carbocycles. The standard InChI is InChI=1S/C12H10BrFN2O/c13-7-8-5-10(3-4-16-8)17-9-1-2-12(15)11(14)6-9/h1-6H,7,15H2. The number of halogens is 2. The highest BCUT2D eigenvalue weighted by Crippen LogP contribution is 2.24. The van der Waals surface area contributed by atoms with Gasteiger partial charge in [0.25, 0.3) is 0 Å². The fourth-order valence-electron chi connectivity index (χ4n) is 1.30. The number of nitrogens with two attached hydrogens (primary N) is 1. The van der Waals surface area contributed by atoms with E-state index in [2.05, 4.69) is 20.9 Å². The Labute approximate surface area is 107 Å². The third-order valence-corrected chi connectivity index (χ3v) is 2.71. The molecule has 0 saturated carbocycles. The van der Waals surface area contributed by atoms with Crippen molar-refractivity contribution in [3.63, 3.8) is 0 Å². The Hall–Kier alpha value is -1.62. The summed E-state index contributed by atoms with van der Waals surface area (Å²) in [6, 6.07) is 7.83. The number of aromatic nitrogens is 1. The van der Waals surface area contributed by atoms with Crippen molar-refractivity contribution < 1.29 is 9.13 Å². The van der Waals surface area contributed by atoms with Crippen LogP contribution >= 0.6 is 15.9 Å². The molecule has 0 spiro atoms. The number of ether oxygens (including phenoxy) is 1. The first-order valence-corrected chi connectivity index (χ1v) is 6.05. The second-order valence-corrected chi connectivity index (χ2v) is 3.96. The van der Waals surface area contributed by atoms with Gasteiger partial charge in [0.2, 0.25) is 0 Å². The molecule has 0 aliphatic rings. The minimum Gasteiger partial charge on any atom is -0.457 e. The molecule has 0 fully saturated rings. The molecule has 1 heterocycles. The summed E-state index contributed by atoms with van der Waals surface area (Å²) in [7, 11) is 0. The second-order valence-electron chi connectivity index (χ2n) is 3.40. The average Bonchev–Trinajstić information content (AvgIpc) is 2.34. The van der Waals surface area contributed by atoms with Crippen LogP contribution in [0, 0.1) is 5.82 Å². The van der Waals surface area contributed by atoms with Crippen LogP contribution < -0.4 is 10.5 Å². The highest BCUT2D eigenvalue weighted by atomic mass is 79.9. The first kappa shape index (κ1) is 11.9. The Bertz CT molecular complexity index is 534. The van der Waals surface area contributed by atoms with Crippen LogP contribution in [0.4, 0.5) is 10.1 Å². The molecule has 2 aromatic rings. The predicted molar refractivity (Wildman–Crippen MR) is 67.8 cm³/mol. The van der Waals surface area contributed by atoms with Gasteiger partial charge in [0, 0.05) is 23.7 Å². The highest BCUT2D eigenvalue weighted by molar-refractivity contribution is 9.08. The van der Waals surface area contributed by atoms with Crippen LogP contribution in [0.5, 0.6) is 11.5 Å². The third kappa shape index (κ3) is 2.94. The Balaban J connectivity index is 2.22. The molecule has 17 heavy (non-hydrogen) atoms. The molecular formula is C12H10BrFN2O. The summed E-state index contributed by atoms with van der Waals surface area (Å²) in [5.41, 5.74) is 6.33. The summed E-state index contributed by atoms with van der Waals surface area (Å²) in [6.45, 7) is 0. The quantitative estimate of drug-likeness (QED) is 0.697. The van der Waals surface area contributed by atoms with Gasteiger partial charge in [0.05, 0.1) is 11.4 Å². The Morgan fingerprint density at radius 2 is 2.00 bits per heavy atom. The van der Waals surface area contributed by atoms with Gasteiger partial charge < -0.3 is 10.5 Å². The fraction of sp³-hybridized carbons (Fsp3) is 0.0833. The first-order chi connectivity index (χ1) is 8.19. The monoisotopic (exact) mass is 296 g/mol. The summed E-state index contributed by atoms with van der Waals surface area (Å²) in [4.78, 5) is 4.11. The molecule has 2 rings (SSSR count). The molecule has 1 aromatic carbocycles. The van der Waals surface area contributed by atoms with Gasteiger partial charge in [0.1, 0.15) is 17.3 Å². The van der Waals surface area contributed by atoms with E-state index in [0.717, 1.165) is 5.69 Å². The maximum absolute atomic E-state index is 13.2. The Morgan fingerprint density at radius 3 is 2.71 bits per heavy atom. The van der Waals surface area contributed by atoms with Crippen molar-refractivity contribution in [1.82, 2.24) is 4.98 Å². The number of hydrogen-bond acceptors (Lipinski definition) is 3. The Morgan fingerprint density at radius 1 is 1.24 bits per heavy atom. The van der Waals surface area contributed by atoms with Crippen LogP contribution in [0.25, 0.3) is 0 Å². The second kappa shape index (κ2) is 5.14. The van der Waals surface area contributed by atoms with Crippen LogP contribution in [-0.4, -0.2) is 4.98 Å². The molecule has 0 unspecified atom stereocenters. The highest BCUT2D eigenvalue weighted by Gasteiger charge is 2.03. The van der Waals surface area contributed by atoms with E-state index in [1.54, 1.807) is 24.4 Å². The maximum atomic E-state index is 13.2. The molecule has 0 radical (unpaired) electrons. The topological polar surface area (TPSA) is 48.1 Å². The van der Waals surface area contributed by atoms with E-state index >= 15 is 0 Å². The molecule has 88 valence electrons. The van der Waals surface area contributed by atoms with Crippen LogP contribution in [-0.2, 0) is 5.33 Å². The molecule has 5 heteroatoms.